The minimum atomic E-state index is 0. The second kappa shape index (κ2) is 28.2. The summed E-state index contributed by atoms with van der Waals surface area (Å²) in [5.41, 5.74) is 0. The van der Waals surface area contributed by atoms with E-state index in [2.05, 4.69) is 14.9 Å². The molecule has 1 nitrogen and oxygen atoms in total. The van der Waals surface area contributed by atoms with Crippen LogP contribution in [0, 0.1) is 0 Å². The van der Waals surface area contributed by atoms with Crippen LogP contribution in [0.2, 0.25) is 0 Å². The first-order valence-electron chi connectivity index (χ1n) is 0.612. The molecule has 0 N–H and O–H groups in total. The summed E-state index contributed by atoms with van der Waals surface area (Å²) in [6.07, 6.45) is 0. The summed E-state index contributed by atoms with van der Waals surface area (Å²) in [6, 6.07) is 0. The van der Waals surface area contributed by atoms with Crippen molar-refractivity contribution in [1.29, 1.82) is 0 Å². The van der Waals surface area contributed by atoms with Gasteiger partial charge in [0.15, 0.2) is 0 Å². The van der Waals surface area contributed by atoms with Crippen molar-refractivity contribution in [2.24, 2.45) is 0 Å². The van der Waals surface area contributed by atoms with Crippen molar-refractivity contribution in [2.75, 3.05) is 7.11 Å². The zero-order valence-electron chi connectivity index (χ0n) is 4.91. The molecule has 0 spiro atoms. The molecule has 0 aliphatic carbocycles. The van der Waals surface area contributed by atoms with Gasteiger partial charge < -0.3 is 14.9 Å². The molecule has 18 valence electrons. The van der Waals surface area contributed by atoms with Gasteiger partial charge in [0.2, 0.25) is 0 Å². The Morgan fingerprint density at radius 1 is 1.17 bits per heavy atom. The molecular weight excluding hydrogens is 76.9 g/mol. The van der Waals surface area contributed by atoms with Crippen LogP contribution in [0.25, 0.3) is 0 Å². The molecule has 6 heavy (non-hydrogen) atoms. The van der Waals surface area contributed by atoms with E-state index in [0.717, 1.165) is 0 Å². The van der Waals surface area contributed by atoms with Crippen molar-refractivity contribution < 1.29 is 61.0 Å². The van der Waals surface area contributed by atoms with Gasteiger partial charge in [-0.15, -0.1) is 0 Å². The van der Waals surface area contributed by atoms with E-state index < -0.39 is 0 Å². The van der Waals surface area contributed by atoms with E-state index in [-0.39, 0.29) is 56.6 Å². The van der Waals surface area contributed by atoms with Crippen LogP contribution in [-0.2, 0) is 4.43 Å². The monoisotopic (exact) mass is 80.0 g/mol. The number of hydrogen-bond donors (Lipinski definition) is 0. The van der Waals surface area contributed by atoms with E-state index in [1.165, 1.54) is 7.11 Å². The molecule has 0 aromatic rings. The van der Waals surface area contributed by atoms with Crippen LogP contribution in [0.15, 0.2) is 0 Å². The van der Waals surface area contributed by atoms with Gasteiger partial charge in [-0.2, -0.15) is 0 Å². The fourth-order valence-corrected chi connectivity index (χ4v) is 0. The quantitative estimate of drug-likeness (QED) is 0.262. The number of rotatable bonds is 0. The van der Waals surface area contributed by atoms with Crippen LogP contribution in [0.1, 0.15) is 0 Å². The predicted molar refractivity (Wildman–Crippen MR) is 12.8 cm³/mol. The third kappa shape index (κ3) is 38.0. The second-order valence-corrected chi connectivity index (χ2v) is 0.612. The summed E-state index contributed by atoms with van der Waals surface area (Å²) >= 11 is 0. The van der Waals surface area contributed by atoms with Gasteiger partial charge in [0.1, 0.15) is 0 Å². The van der Waals surface area contributed by atoms with Crippen molar-refractivity contribution in [3.8, 4) is 0 Å². The van der Waals surface area contributed by atoms with Crippen molar-refractivity contribution >= 4 is 10.5 Å². The summed E-state index contributed by atoms with van der Waals surface area (Å²) in [7, 11) is 4.22. The van der Waals surface area contributed by atoms with Crippen molar-refractivity contribution in [2.45, 2.75) is 0 Å². The maximum Gasteiger partial charge on any atom is 1.00 e. The first-order chi connectivity index (χ1) is 1.41. The van der Waals surface area contributed by atoms with Gasteiger partial charge in [0.05, 0.1) is 0 Å². The van der Waals surface area contributed by atoms with Gasteiger partial charge in [-0.25, -0.2) is 0 Å². The molecule has 0 unspecified atom stereocenters. The third-order valence-electron chi connectivity index (χ3n) is 0. The van der Waals surface area contributed by atoms with E-state index in [4.69, 9.17) is 0 Å². The van der Waals surface area contributed by atoms with E-state index in [9.17, 15) is 0 Å². The normalized spacial score (nSPS) is 3.00. The number of hydrogen-bond acceptors (Lipinski definition) is 1. The van der Waals surface area contributed by atoms with Gasteiger partial charge in [0, 0.05) is 0 Å². The fourth-order valence-electron chi connectivity index (χ4n) is 0. The Morgan fingerprint density at radius 3 is 1.17 bits per heavy atom. The summed E-state index contributed by atoms with van der Waals surface area (Å²) < 4.78 is 4.06. The molecule has 2 radical (unpaired) electrons. The average molecular weight is 79.9 g/mol. The van der Waals surface area contributed by atoms with Crippen molar-refractivity contribution in [3.63, 3.8) is 0 Å². The van der Waals surface area contributed by atoms with Gasteiger partial charge in [0.25, 0.3) is 0 Å². The molecule has 0 heterocycles. The predicted octanol–water partition coefficient (Wildman–Crippen LogP) is -9.27. The van der Waals surface area contributed by atoms with Gasteiger partial charge in [-0.3, -0.25) is 0 Å². The first kappa shape index (κ1) is 24.6. The van der Waals surface area contributed by atoms with Crippen molar-refractivity contribution in [1.82, 2.24) is 0 Å². The van der Waals surface area contributed by atoms with Crippen LogP contribution < -0.4 is 56.6 Å². The standard InChI is InChI=1S/CH3OSi.3Li/c1-2-3;;;/h1H3;;;/q-1;3*+1. The Hall–Kier alpha value is 1.97. The molecule has 0 aromatic carbocycles. The van der Waals surface area contributed by atoms with Gasteiger partial charge in [-0.05, 0) is 7.11 Å². The summed E-state index contributed by atoms with van der Waals surface area (Å²) in [5, 5.41) is 0. The molecule has 0 bridgehead atoms. The Balaban J connectivity index is -0.00000000667. The van der Waals surface area contributed by atoms with Crippen molar-refractivity contribution in [3.05, 3.63) is 0 Å². The van der Waals surface area contributed by atoms with Crippen LogP contribution in [0.4, 0.5) is 0 Å². The van der Waals surface area contributed by atoms with Gasteiger partial charge >= 0.3 is 56.6 Å². The van der Waals surface area contributed by atoms with Crippen LogP contribution in [0.5, 0.6) is 0 Å². The maximum absolute atomic E-state index is 4.06. The molecule has 0 aliphatic heterocycles. The molecule has 0 atom stereocenters. The minimum absolute atomic E-state index is 0. The topological polar surface area (TPSA) is 9.23 Å². The van der Waals surface area contributed by atoms with E-state index in [1.54, 1.807) is 0 Å². The van der Waals surface area contributed by atoms with E-state index in [0.29, 0.717) is 0 Å². The molecule has 0 aromatic heterocycles. The molecular formula is CH3Li3OSi+2. The molecule has 0 aliphatic rings. The van der Waals surface area contributed by atoms with Gasteiger partial charge in [-0.1, -0.05) is 0 Å². The molecule has 0 fully saturated rings. The maximum atomic E-state index is 4.06. The Labute approximate surface area is 78.0 Å². The zero-order chi connectivity index (χ0) is 2.71. The Morgan fingerprint density at radius 2 is 1.17 bits per heavy atom. The zero-order valence-corrected chi connectivity index (χ0v) is 5.91. The Kier molecular flexibility index (Phi) is 115. The SMILES string of the molecule is CO[Si-].[Li+].[Li+].[Li+]. The summed E-state index contributed by atoms with van der Waals surface area (Å²) in [4.78, 5) is 0. The van der Waals surface area contributed by atoms with Crippen LogP contribution in [-0.4, -0.2) is 17.6 Å². The largest absolute Gasteiger partial charge is 1.00 e. The fraction of sp³-hybridized carbons (Fsp3) is 1.00. The summed E-state index contributed by atoms with van der Waals surface area (Å²) in [6.45, 7) is 0. The summed E-state index contributed by atoms with van der Waals surface area (Å²) in [5.74, 6) is 0. The molecule has 0 saturated heterocycles. The minimum Gasteiger partial charge on any atom is -0.661 e. The third-order valence-corrected chi connectivity index (χ3v) is 0. The molecule has 0 rings (SSSR count). The van der Waals surface area contributed by atoms with Crippen LogP contribution in [0.3, 0.4) is 0 Å². The van der Waals surface area contributed by atoms with E-state index >= 15 is 0 Å². The smallest absolute Gasteiger partial charge is 0.661 e. The molecule has 5 heteroatoms. The van der Waals surface area contributed by atoms with E-state index in [1.807, 2.05) is 0 Å². The average Bonchev–Trinajstić information content (AvgIpc) is 0.918. The molecule has 0 amide bonds. The second-order valence-electron chi connectivity index (χ2n) is 0.204. The molecule has 0 saturated carbocycles. The van der Waals surface area contributed by atoms with Crippen LogP contribution >= 0.6 is 0 Å². The Bertz CT molecular complexity index is 10.8. The first-order valence-corrected chi connectivity index (χ1v) is 1.02.